The van der Waals surface area contributed by atoms with E-state index in [1.807, 2.05) is 29.2 Å². The minimum atomic E-state index is 0.146. The molecule has 0 aliphatic carbocycles. The van der Waals surface area contributed by atoms with E-state index in [1.165, 1.54) is 0 Å². The molecule has 0 aromatic heterocycles. The van der Waals surface area contributed by atoms with Gasteiger partial charge in [0.1, 0.15) is 5.75 Å². The number of benzene rings is 1. The second-order valence-electron chi connectivity index (χ2n) is 6.20. The second-order valence-corrected chi connectivity index (χ2v) is 6.20. The van der Waals surface area contributed by atoms with Crippen LogP contribution in [0.2, 0.25) is 0 Å². The Morgan fingerprint density at radius 3 is 2.40 bits per heavy atom. The fourth-order valence-electron chi connectivity index (χ4n) is 2.35. The van der Waals surface area contributed by atoms with Gasteiger partial charge in [-0.2, -0.15) is 0 Å². The van der Waals surface area contributed by atoms with E-state index in [2.05, 4.69) is 20.8 Å². The number of hydrogen-bond donors (Lipinski definition) is 0. The van der Waals surface area contributed by atoms with E-state index >= 15 is 0 Å². The number of ether oxygens (including phenoxy) is 1. The van der Waals surface area contributed by atoms with Gasteiger partial charge in [0, 0.05) is 18.7 Å². The van der Waals surface area contributed by atoms with Crippen LogP contribution in [0.15, 0.2) is 24.3 Å². The summed E-state index contributed by atoms with van der Waals surface area (Å²) in [4.78, 5) is 14.3. The number of amides is 1. The first-order chi connectivity index (χ1) is 9.56. The summed E-state index contributed by atoms with van der Waals surface area (Å²) in [5.74, 6) is 2.23. The third-order valence-electron chi connectivity index (χ3n) is 3.76. The van der Waals surface area contributed by atoms with Crippen molar-refractivity contribution in [2.75, 3.05) is 19.7 Å². The quantitative estimate of drug-likeness (QED) is 0.840. The fraction of sp³-hybridized carbons (Fsp3) is 0.588. The highest BCUT2D eigenvalue weighted by Crippen LogP contribution is 2.19. The molecule has 1 aliphatic heterocycles. The van der Waals surface area contributed by atoms with Crippen LogP contribution >= 0.6 is 0 Å². The van der Waals surface area contributed by atoms with Crippen LogP contribution in [0, 0.1) is 11.8 Å². The second kappa shape index (κ2) is 6.78. The summed E-state index contributed by atoms with van der Waals surface area (Å²) in [6.07, 6.45) is 2.22. The molecule has 0 spiro atoms. The van der Waals surface area contributed by atoms with Crippen LogP contribution in [0.1, 0.15) is 44.0 Å². The van der Waals surface area contributed by atoms with Crippen LogP contribution in [0.5, 0.6) is 5.75 Å². The zero-order valence-corrected chi connectivity index (χ0v) is 12.8. The van der Waals surface area contributed by atoms with E-state index in [-0.39, 0.29) is 5.91 Å². The standard InChI is InChI=1S/C17H25NO2/c1-13(2)12-20-16-6-4-15(5-7-16)17(19)18-10-8-14(3)9-11-18/h4-7,13-14H,8-12H2,1-3H3. The van der Waals surface area contributed by atoms with Gasteiger partial charge < -0.3 is 9.64 Å². The first-order valence-corrected chi connectivity index (χ1v) is 7.58. The first-order valence-electron chi connectivity index (χ1n) is 7.58. The molecule has 2 rings (SSSR count). The van der Waals surface area contributed by atoms with Gasteiger partial charge in [0.15, 0.2) is 0 Å². The molecule has 0 radical (unpaired) electrons. The van der Waals surface area contributed by atoms with E-state index in [9.17, 15) is 4.79 Å². The van der Waals surface area contributed by atoms with Crippen molar-refractivity contribution in [1.82, 2.24) is 4.90 Å². The Kier molecular flexibility index (Phi) is 5.05. The highest BCUT2D eigenvalue weighted by Gasteiger charge is 2.21. The molecule has 0 atom stereocenters. The number of carbonyl (C=O) groups excluding carboxylic acids is 1. The Bertz CT molecular complexity index is 431. The summed E-state index contributed by atoms with van der Waals surface area (Å²) in [6, 6.07) is 7.52. The normalized spacial score (nSPS) is 16.5. The molecule has 1 aromatic carbocycles. The average molecular weight is 275 g/mol. The number of likely N-dealkylation sites (tertiary alicyclic amines) is 1. The van der Waals surface area contributed by atoms with Gasteiger partial charge in [0.2, 0.25) is 0 Å². The zero-order valence-electron chi connectivity index (χ0n) is 12.8. The SMILES string of the molecule is CC(C)COc1ccc(C(=O)N2CCC(C)CC2)cc1. The van der Waals surface area contributed by atoms with E-state index < -0.39 is 0 Å². The Hall–Kier alpha value is -1.51. The van der Waals surface area contributed by atoms with Crippen LogP contribution in [-0.4, -0.2) is 30.5 Å². The van der Waals surface area contributed by atoms with Crippen molar-refractivity contribution in [2.45, 2.75) is 33.6 Å². The van der Waals surface area contributed by atoms with Gasteiger partial charge in [-0.3, -0.25) is 4.79 Å². The maximum Gasteiger partial charge on any atom is 0.253 e. The molecule has 1 aliphatic rings. The van der Waals surface area contributed by atoms with Crippen molar-refractivity contribution < 1.29 is 9.53 Å². The van der Waals surface area contributed by atoms with Gasteiger partial charge >= 0.3 is 0 Å². The summed E-state index contributed by atoms with van der Waals surface area (Å²) >= 11 is 0. The molecule has 1 amide bonds. The molecule has 1 heterocycles. The van der Waals surface area contributed by atoms with Gasteiger partial charge in [0.05, 0.1) is 6.61 Å². The minimum Gasteiger partial charge on any atom is -0.493 e. The smallest absolute Gasteiger partial charge is 0.253 e. The molecule has 0 bridgehead atoms. The molecular weight excluding hydrogens is 250 g/mol. The van der Waals surface area contributed by atoms with E-state index in [0.29, 0.717) is 12.5 Å². The maximum absolute atomic E-state index is 12.4. The lowest BCUT2D eigenvalue weighted by Gasteiger charge is -2.30. The molecular formula is C17H25NO2. The van der Waals surface area contributed by atoms with Crippen LogP contribution in [0.3, 0.4) is 0 Å². The van der Waals surface area contributed by atoms with Crippen molar-refractivity contribution in [3.8, 4) is 5.75 Å². The third kappa shape index (κ3) is 3.99. The predicted octanol–water partition coefficient (Wildman–Crippen LogP) is 3.59. The van der Waals surface area contributed by atoms with Crippen molar-refractivity contribution >= 4 is 5.91 Å². The predicted molar refractivity (Wildman–Crippen MR) is 81.1 cm³/mol. The topological polar surface area (TPSA) is 29.5 Å². The summed E-state index contributed by atoms with van der Waals surface area (Å²) < 4.78 is 5.64. The molecule has 1 aromatic rings. The van der Waals surface area contributed by atoms with Crippen LogP contribution in [-0.2, 0) is 0 Å². The van der Waals surface area contributed by atoms with E-state index in [0.717, 1.165) is 43.2 Å². The van der Waals surface area contributed by atoms with Crippen LogP contribution < -0.4 is 4.74 Å². The molecule has 1 fully saturated rings. The lowest BCUT2D eigenvalue weighted by molar-refractivity contribution is 0.0697. The largest absolute Gasteiger partial charge is 0.493 e. The molecule has 20 heavy (non-hydrogen) atoms. The third-order valence-corrected chi connectivity index (χ3v) is 3.76. The zero-order chi connectivity index (χ0) is 14.5. The molecule has 0 N–H and O–H groups in total. The Labute approximate surface area is 121 Å². The Balaban J connectivity index is 1.93. The maximum atomic E-state index is 12.4. The van der Waals surface area contributed by atoms with Crippen LogP contribution in [0.4, 0.5) is 0 Å². The molecule has 3 nitrogen and oxygen atoms in total. The molecule has 1 saturated heterocycles. The Morgan fingerprint density at radius 1 is 1.25 bits per heavy atom. The summed E-state index contributed by atoms with van der Waals surface area (Å²) in [5, 5.41) is 0. The highest BCUT2D eigenvalue weighted by atomic mass is 16.5. The van der Waals surface area contributed by atoms with Gasteiger partial charge in [-0.05, 0) is 48.9 Å². The number of carbonyl (C=O) groups is 1. The number of rotatable bonds is 4. The van der Waals surface area contributed by atoms with Gasteiger partial charge in [-0.1, -0.05) is 20.8 Å². The lowest BCUT2D eigenvalue weighted by Crippen LogP contribution is -2.37. The fourth-order valence-corrected chi connectivity index (χ4v) is 2.35. The Morgan fingerprint density at radius 2 is 1.85 bits per heavy atom. The summed E-state index contributed by atoms with van der Waals surface area (Å²) in [5.41, 5.74) is 0.761. The van der Waals surface area contributed by atoms with Crippen molar-refractivity contribution in [1.29, 1.82) is 0 Å². The van der Waals surface area contributed by atoms with Gasteiger partial charge in [-0.25, -0.2) is 0 Å². The van der Waals surface area contributed by atoms with Crippen molar-refractivity contribution in [2.24, 2.45) is 11.8 Å². The molecule has 0 unspecified atom stereocenters. The van der Waals surface area contributed by atoms with E-state index in [4.69, 9.17) is 4.74 Å². The van der Waals surface area contributed by atoms with Crippen molar-refractivity contribution in [3.05, 3.63) is 29.8 Å². The number of nitrogens with zero attached hydrogens (tertiary/aromatic N) is 1. The molecule has 3 heteroatoms. The van der Waals surface area contributed by atoms with Crippen LogP contribution in [0.25, 0.3) is 0 Å². The first kappa shape index (κ1) is 14.9. The van der Waals surface area contributed by atoms with Crippen molar-refractivity contribution in [3.63, 3.8) is 0 Å². The summed E-state index contributed by atoms with van der Waals surface area (Å²) in [6.45, 7) is 8.96. The number of piperidine rings is 1. The van der Waals surface area contributed by atoms with Gasteiger partial charge in [-0.15, -0.1) is 0 Å². The lowest BCUT2D eigenvalue weighted by atomic mass is 9.98. The summed E-state index contributed by atoms with van der Waals surface area (Å²) in [7, 11) is 0. The molecule has 0 saturated carbocycles. The van der Waals surface area contributed by atoms with Gasteiger partial charge in [0.25, 0.3) is 5.91 Å². The monoisotopic (exact) mass is 275 g/mol. The molecule has 110 valence electrons. The average Bonchev–Trinajstić information content (AvgIpc) is 2.46. The number of hydrogen-bond acceptors (Lipinski definition) is 2. The highest BCUT2D eigenvalue weighted by molar-refractivity contribution is 5.94. The minimum absolute atomic E-state index is 0.146. The van der Waals surface area contributed by atoms with E-state index in [1.54, 1.807) is 0 Å².